The lowest BCUT2D eigenvalue weighted by molar-refractivity contribution is -0.123. The predicted molar refractivity (Wildman–Crippen MR) is 92.8 cm³/mol. The van der Waals surface area contributed by atoms with Gasteiger partial charge in [0.15, 0.2) is 0 Å². The van der Waals surface area contributed by atoms with Crippen LogP contribution in [0, 0.1) is 0 Å². The second-order valence-corrected chi connectivity index (χ2v) is 6.07. The molecule has 118 valence electrons. The summed E-state index contributed by atoms with van der Waals surface area (Å²) in [7, 11) is 0. The first-order valence-electron chi connectivity index (χ1n) is 7.23. The van der Waals surface area contributed by atoms with E-state index in [2.05, 4.69) is 15.8 Å². The summed E-state index contributed by atoms with van der Waals surface area (Å²) in [5, 5.41) is 1.01. The fourth-order valence-electron chi connectivity index (χ4n) is 2.43. The van der Waals surface area contributed by atoms with Crippen molar-refractivity contribution in [1.82, 2.24) is 10.9 Å². The predicted octanol–water partition coefficient (Wildman–Crippen LogP) is 3.18. The third kappa shape index (κ3) is 3.84. The van der Waals surface area contributed by atoms with Crippen LogP contribution in [-0.4, -0.2) is 17.8 Å². The summed E-state index contributed by atoms with van der Waals surface area (Å²) in [5.74, 6) is 0.518. The van der Waals surface area contributed by atoms with Crippen molar-refractivity contribution in [2.24, 2.45) is 4.99 Å². The van der Waals surface area contributed by atoms with E-state index in [-0.39, 0.29) is 5.91 Å². The minimum Gasteiger partial charge on any atom is -0.285 e. The summed E-state index contributed by atoms with van der Waals surface area (Å²) in [4.78, 5) is 16.5. The molecule has 6 heteroatoms. The molecule has 1 aliphatic rings. The molecule has 1 aliphatic heterocycles. The smallest absolute Gasteiger partial charge is 0.263 e. The van der Waals surface area contributed by atoms with E-state index in [0.717, 1.165) is 11.1 Å². The maximum Gasteiger partial charge on any atom is 0.263 e. The lowest BCUT2D eigenvalue weighted by Crippen LogP contribution is -2.52. The zero-order chi connectivity index (χ0) is 16.2. The Labute approximate surface area is 144 Å². The molecule has 2 aromatic rings. The zero-order valence-electron chi connectivity index (χ0n) is 12.2. The van der Waals surface area contributed by atoms with E-state index < -0.39 is 6.04 Å². The molecule has 23 heavy (non-hydrogen) atoms. The van der Waals surface area contributed by atoms with E-state index in [1.165, 1.54) is 0 Å². The van der Waals surface area contributed by atoms with Gasteiger partial charge < -0.3 is 0 Å². The van der Waals surface area contributed by atoms with Gasteiger partial charge in [0.2, 0.25) is 0 Å². The van der Waals surface area contributed by atoms with E-state index in [1.807, 2.05) is 42.5 Å². The number of nitrogens with one attached hydrogen (secondary N) is 2. The highest BCUT2D eigenvalue weighted by atomic mass is 35.5. The van der Waals surface area contributed by atoms with Crippen molar-refractivity contribution < 1.29 is 4.79 Å². The van der Waals surface area contributed by atoms with Crippen LogP contribution in [0.3, 0.4) is 0 Å². The average molecular weight is 348 g/mol. The monoisotopic (exact) mass is 347 g/mol. The van der Waals surface area contributed by atoms with Crippen LogP contribution in [0.4, 0.5) is 0 Å². The summed E-state index contributed by atoms with van der Waals surface area (Å²) in [6, 6.07) is 14.8. The summed E-state index contributed by atoms with van der Waals surface area (Å²) < 4.78 is 0. The summed E-state index contributed by atoms with van der Waals surface area (Å²) in [6.45, 7) is 0. The fraction of sp³-hybridized carbons (Fsp3) is 0.176. The molecule has 0 radical (unpaired) electrons. The molecule has 1 heterocycles. The van der Waals surface area contributed by atoms with Gasteiger partial charge in [-0.2, -0.15) is 0 Å². The Hall–Kier alpha value is -2.04. The quantitative estimate of drug-likeness (QED) is 0.892. The van der Waals surface area contributed by atoms with Crippen LogP contribution in [0.15, 0.2) is 53.5 Å². The van der Waals surface area contributed by atoms with Crippen LogP contribution in [0.25, 0.3) is 0 Å². The highest BCUT2D eigenvalue weighted by Gasteiger charge is 2.23. The third-order valence-corrected chi connectivity index (χ3v) is 4.46. The second kappa shape index (κ2) is 7.02. The van der Waals surface area contributed by atoms with Crippen LogP contribution in [-0.2, 0) is 17.6 Å². The summed E-state index contributed by atoms with van der Waals surface area (Å²) >= 11 is 12.2. The molecular weight excluding hydrogens is 333 g/mol. The number of hydrazine groups is 1. The number of amidine groups is 1. The van der Waals surface area contributed by atoms with Crippen molar-refractivity contribution in [1.29, 1.82) is 0 Å². The molecule has 0 saturated heterocycles. The highest BCUT2D eigenvalue weighted by Crippen LogP contribution is 2.26. The Bertz CT molecular complexity index is 747. The van der Waals surface area contributed by atoms with Crippen molar-refractivity contribution in [2.45, 2.75) is 18.9 Å². The Kier molecular flexibility index (Phi) is 4.84. The molecule has 1 atom stereocenters. The lowest BCUT2D eigenvalue weighted by atomic mass is 10.0. The van der Waals surface area contributed by atoms with Gasteiger partial charge in [-0.1, -0.05) is 65.7 Å². The zero-order valence-corrected chi connectivity index (χ0v) is 13.7. The molecule has 0 aliphatic carbocycles. The molecule has 0 aromatic heterocycles. The molecule has 0 bridgehead atoms. The maximum absolute atomic E-state index is 12.0. The molecule has 1 amide bonds. The maximum atomic E-state index is 12.0. The molecule has 1 unspecified atom stereocenters. The van der Waals surface area contributed by atoms with Crippen LogP contribution in [0.5, 0.6) is 0 Å². The Morgan fingerprint density at radius 3 is 2.57 bits per heavy atom. The molecule has 3 rings (SSSR count). The van der Waals surface area contributed by atoms with Crippen LogP contribution in [0.2, 0.25) is 10.0 Å². The molecule has 2 N–H and O–H groups in total. The van der Waals surface area contributed by atoms with Gasteiger partial charge in [0, 0.05) is 12.8 Å². The number of carbonyl (C=O) groups excluding carboxylic acids is 1. The number of hydrogen-bond donors (Lipinski definition) is 2. The van der Waals surface area contributed by atoms with Crippen molar-refractivity contribution in [3.05, 3.63) is 69.7 Å². The minimum atomic E-state index is -0.452. The molecule has 0 spiro atoms. The average Bonchev–Trinajstić information content (AvgIpc) is 2.56. The van der Waals surface area contributed by atoms with E-state index in [1.54, 1.807) is 6.07 Å². The van der Waals surface area contributed by atoms with Gasteiger partial charge in [-0.05, 0) is 17.2 Å². The SMILES string of the molecule is O=C1NNC(Cc2cccc(Cl)c2Cl)=NC1Cc1ccccc1. The van der Waals surface area contributed by atoms with Crippen LogP contribution in [0.1, 0.15) is 11.1 Å². The van der Waals surface area contributed by atoms with E-state index >= 15 is 0 Å². The normalized spacial score (nSPS) is 17.2. The van der Waals surface area contributed by atoms with Crippen LogP contribution >= 0.6 is 23.2 Å². The number of benzene rings is 2. The van der Waals surface area contributed by atoms with Crippen LogP contribution < -0.4 is 10.9 Å². The molecule has 2 aromatic carbocycles. The number of carbonyl (C=O) groups is 1. The van der Waals surface area contributed by atoms with Gasteiger partial charge in [0.1, 0.15) is 11.9 Å². The third-order valence-electron chi connectivity index (χ3n) is 3.61. The standard InChI is InChI=1S/C17H15Cl2N3O/c18-13-8-4-7-12(16(13)19)10-15-20-14(17(23)22-21-15)9-11-5-2-1-3-6-11/h1-8,14H,9-10H2,(H,20,21)(H,22,23). The summed E-state index contributed by atoms with van der Waals surface area (Å²) in [5.41, 5.74) is 7.42. The second-order valence-electron chi connectivity index (χ2n) is 5.29. The van der Waals surface area contributed by atoms with Crippen molar-refractivity contribution in [2.75, 3.05) is 0 Å². The number of amides is 1. The fourth-order valence-corrected chi connectivity index (χ4v) is 2.81. The first-order valence-corrected chi connectivity index (χ1v) is 7.98. The molecular formula is C17H15Cl2N3O. The Balaban J connectivity index is 1.78. The Morgan fingerprint density at radius 2 is 1.78 bits per heavy atom. The van der Waals surface area contributed by atoms with Crippen molar-refractivity contribution >= 4 is 34.9 Å². The number of aliphatic imine (C=N–C) groups is 1. The molecule has 0 fully saturated rings. The van der Waals surface area contributed by atoms with Gasteiger partial charge in [-0.3, -0.25) is 20.6 Å². The van der Waals surface area contributed by atoms with E-state index in [9.17, 15) is 4.79 Å². The minimum absolute atomic E-state index is 0.144. The molecule has 4 nitrogen and oxygen atoms in total. The Morgan fingerprint density at radius 1 is 1.00 bits per heavy atom. The van der Waals surface area contributed by atoms with Crippen molar-refractivity contribution in [3.63, 3.8) is 0 Å². The highest BCUT2D eigenvalue weighted by molar-refractivity contribution is 6.42. The van der Waals surface area contributed by atoms with Gasteiger partial charge in [-0.15, -0.1) is 0 Å². The summed E-state index contributed by atoms with van der Waals surface area (Å²) in [6.07, 6.45) is 1.03. The number of hydrogen-bond acceptors (Lipinski definition) is 3. The first kappa shape index (κ1) is 15.8. The van der Waals surface area contributed by atoms with Gasteiger partial charge in [-0.25, -0.2) is 0 Å². The van der Waals surface area contributed by atoms with Gasteiger partial charge in [0.05, 0.1) is 10.0 Å². The number of nitrogens with zero attached hydrogens (tertiary/aromatic N) is 1. The van der Waals surface area contributed by atoms with Gasteiger partial charge in [0.25, 0.3) is 5.91 Å². The topological polar surface area (TPSA) is 53.5 Å². The van der Waals surface area contributed by atoms with Gasteiger partial charge >= 0.3 is 0 Å². The number of halogens is 2. The number of rotatable bonds is 4. The van der Waals surface area contributed by atoms with E-state index in [0.29, 0.717) is 28.7 Å². The first-order chi connectivity index (χ1) is 11.1. The van der Waals surface area contributed by atoms with Crippen molar-refractivity contribution in [3.8, 4) is 0 Å². The van der Waals surface area contributed by atoms with E-state index in [4.69, 9.17) is 23.2 Å². The lowest BCUT2D eigenvalue weighted by Gasteiger charge is -2.22. The largest absolute Gasteiger partial charge is 0.285 e. The molecule has 0 saturated carbocycles.